The van der Waals surface area contributed by atoms with Gasteiger partial charge in [-0.2, -0.15) is 4.72 Å². The van der Waals surface area contributed by atoms with E-state index >= 15 is 0 Å². The number of carbonyl (C=O) groups is 1. The summed E-state index contributed by atoms with van der Waals surface area (Å²) in [4.78, 5) is 12.2. The molecule has 9 heteroatoms. The van der Waals surface area contributed by atoms with E-state index < -0.39 is 22.0 Å². The van der Waals surface area contributed by atoms with Crippen LogP contribution in [0.5, 0.6) is 0 Å². The normalized spacial score (nSPS) is 12.7. The van der Waals surface area contributed by atoms with Gasteiger partial charge >= 0.3 is 0 Å². The van der Waals surface area contributed by atoms with Gasteiger partial charge in [-0.15, -0.1) is 0 Å². The first-order valence-electron chi connectivity index (χ1n) is 6.72. The fraction of sp³-hybridized carbons (Fsp3) is 0.133. The van der Waals surface area contributed by atoms with Gasteiger partial charge in [0.05, 0.1) is 10.9 Å². The number of anilines is 1. The first kappa shape index (κ1) is 19.0. The van der Waals surface area contributed by atoms with Crippen molar-refractivity contribution in [2.45, 2.75) is 17.9 Å². The SMILES string of the molecule is C[C@H](NS(=O)(=O)c1ccc(Cl)cc1)C(=O)Nc1cc(Cl)cc(Cl)c1. The quantitative estimate of drug-likeness (QED) is 0.788. The molecule has 2 aromatic rings. The van der Waals surface area contributed by atoms with Crippen molar-refractivity contribution in [2.75, 3.05) is 5.32 Å². The first-order valence-corrected chi connectivity index (χ1v) is 9.34. The summed E-state index contributed by atoms with van der Waals surface area (Å²) in [6, 6.07) is 9.13. The van der Waals surface area contributed by atoms with Crippen molar-refractivity contribution in [2.24, 2.45) is 0 Å². The monoisotopic (exact) mass is 406 g/mol. The molecule has 2 rings (SSSR count). The summed E-state index contributed by atoms with van der Waals surface area (Å²) >= 11 is 17.4. The molecule has 0 aromatic heterocycles. The van der Waals surface area contributed by atoms with Gasteiger partial charge in [0.1, 0.15) is 0 Å². The minimum Gasteiger partial charge on any atom is -0.325 e. The molecule has 0 fully saturated rings. The standard InChI is InChI=1S/C15H13Cl3N2O3S/c1-9(15(21)19-13-7-11(17)6-12(18)8-13)20-24(22,23)14-4-2-10(16)3-5-14/h2-9,20H,1H3,(H,19,21)/t9-/m0/s1. The van der Waals surface area contributed by atoms with Crippen LogP contribution in [0, 0.1) is 0 Å². The van der Waals surface area contributed by atoms with Gasteiger partial charge in [0.2, 0.25) is 15.9 Å². The average Bonchev–Trinajstić information content (AvgIpc) is 2.46. The zero-order chi connectivity index (χ0) is 17.9. The second-order valence-corrected chi connectivity index (χ2v) is 7.97. The molecule has 0 aliphatic carbocycles. The van der Waals surface area contributed by atoms with Crippen LogP contribution in [-0.4, -0.2) is 20.4 Å². The minimum absolute atomic E-state index is 0.0114. The highest BCUT2D eigenvalue weighted by Crippen LogP contribution is 2.22. The molecule has 0 radical (unpaired) electrons. The summed E-state index contributed by atoms with van der Waals surface area (Å²) in [5, 5.41) is 3.67. The number of carbonyl (C=O) groups excluding carboxylic acids is 1. The highest BCUT2D eigenvalue weighted by atomic mass is 35.5. The van der Waals surface area contributed by atoms with Crippen molar-refractivity contribution in [3.63, 3.8) is 0 Å². The van der Waals surface area contributed by atoms with Crippen molar-refractivity contribution >= 4 is 56.4 Å². The molecule has 2 aromatic carbocycles. The molecule has 0 saturated heterocycles. The largest absolute Gasteiger partial charge is 0.325 e. The van der Waals surface area contributed by atoms with E-state index in [0.29, 0.717) is 20.8 Å². The Hall–Kier alpha value is -1.31. The molecule has 0 saturated carbocycles. The van der Waals surface area contributed by atoms with Crippen molar-refractivity contribution in [3.8, 4) is 0 Å². The third kappa shape index (κ3) is 5.09. The Labute approximate surface area is 155 Å². The average molecular weight is 408 g/mol. The molecule has 5 nitrogen and oxygen atoms in total. The summed E-state index contributed by atoms with van der Waals surface area (Å²) in [7, 11) is -3.85. The van der Waals surface area contributed by atoms with E-state index in [-0.39, 0.29) is 4.90 Å². The van der Waals surface area contributed by atoms with Crippen molar-refractivity contribution < 1.29 is 13.2 Å². The second-order valence-electron chi connectivity index (χ2n) is 4.94. The van der Waals surface area contributed by atoms with Crippen LogP contribution in [0.2, 0.25) is 15.1 Å². The van der Waals surface area contributed by atoms with Crippen LogP contribution < -0.4 is 10.0 Å². The van der Waals surface area contributed by atoms with Gasteiger partial charge in [-0.05, 0) is 49.4 Å². The summed E-state index contributed by atoms with van der Waals surface area (Å²) in [6.45, 7) is 1.43. The number of hydrogen-bond acceptors (Lipinski definition) is 3. The second kappa shape index (κ2) is 7.72. The Balaban J connectivity index is 2.09. The van der Waals surface area contributed by atoms with E-state index in [1.807, 2.05) is 0 Å². The van der Waals surface area contributed by atoms with E-state index in [9.17, 15) is 13.2 Å². The van der Waals surface area contributed by atoms with Crippen LogP contribution in [0.25, 0.3) is 0 Å². The smallest absolute Gasteiger partial charge is 0.242 e. The van der Waals surface area contributed by atoms with Crippen molar-refractivity contribution in [1.82, 2.24) is 4.72 Å². The van der Waals surface area contributed by atoms with Crippen molar-refractivity contribution in [3.05, 3.63) is 57.5 Å². The Morgan fingerprint density at radius 3 is 2.04 bits per heavy atom. The van der Waals surface area contributed by atoms with Gasteiger partial charge in [0.25, 0.3) is 0 Å². The molecule has 0 aliphatic heterocycles. The maximum atomic E-state index is 12.2. The number of amides is 1. The van der Waals surface area contributed by atoms with Crippen LogP contribution in [0.3, 0.4) is 0 Å². The van der Waals surface area contributed by atoms with E-state index in [0.717, 1.165) is 0 Å². The van der Waals surface area contributed by atoms with Crippen LogP contribution in [-0.2, 0) is 14.8 Å². The van der Waals surface area contributed by atoms with Gasteiger partial charge in [-0.1, -0.05) is 34.8 Å². The molecule has 1 amide bonds. The zero-order valence-electron chi connectivity index (χ0n) is 12.4. The summed E-state index contributed by atoms with van der Waals surface area (Å²) < 4.78 is 26.8. The lowest BCUT2D eigenvalue weighted by molar-refractivity contribution is -0.117. The highest BCUT2D eigenvalue weighted by Gasteiger charge is 2.22. The molecular weight excluding hydrogens is 395 g/mol. The molecule has 24 heavy (non-hydrogen) atoms. The Kier molecular flexibility index (Phi) is 6.11. The Morgan fingerprint density at radius 2 is 1.50 bits per heavy atom. The molecule has 0 aliphatic rings. The number of hydrogen-bond donors (Lipinski definition) is 2. The number of benzene rings is 2. The topological polar surface area (TPSA) is 75.3 Å². The highest BCUT2D eigenvalue weighted by molar-refractivity contribution is 7.89. The molecule has 128 valence electrons. The third-order valence-electron chi connectivity index (χ3n) is 2.98. The molecular formula is C15H13Cl3N2O3S. The fourth-order valence-electron chi connectivity index (χ4n) is 1.84. The van der Waals surface area contributed by atoms with Crippen LogP contribution in [0.4, 0.5) is 5.69 Å². The number of rotatable bonds is 5. The van der Waals surface area contributed by atoms with Gasteiger partial charge < -0.3 is 5.32 Å². The van der Waals surface area contributed by atoms with Crippen LogP contribution in [0.15, 0.2) is 47.4 Å². The first-order chi connectivity index (χ1) is 11.2. The maximum Gasteiger partial charge on any atom is 0.242 e. The van der Waals surface area contributed by atoms with Crippen LogP contribution in [0.1, 0.15) is 6.92 Å². The van der Waals surface area contributed by atoms with Gasteiger partial charge in [0, 0.05) is 20.8 Å². The Morgan fingerprint density at radius 1 is 0.958 bits per heavy atom. The molecule has 0 spiro atoms. The fourth-order valence-corrected chi connectivity index (χ4v) is 3.70. The molecule has 2 N–H and O–H groups in total. The van der Waals surface area contributed by atoms with E-state index in [1.54, 1.807) is 0 Å². The molecule has 1 atom stereocenters. The molecule has 0 bridgehead atoms. The van der Waals surface area contributed by atoms with E-state index in [2.05, 4.69) is 10.0 Å². The molecule has 0 heterocycles. The van der Waals surface area contributed by atoms with Crippen molar-refractivity contribution in [1.29, 1.82) is 0 Å². The van der Waals surface area contributed by atoms with E-state index in [4.69, 9.17) is 34.8 Å². The molecule has 0 unspecified atom stereocenters. The van der Waals surface area contributed by atoms with Crippen LogP contribution >= 0.6 is 34.8 Å². The number of halogens is 3. The third-order valence-corrected chi connectivity index (χ3v) is 5.22. The predicted molar refractivity (Wildman–Crippen MR) is 96.3 cm³/mol. The number of nitrogens with one attached hydrogen (secondary N) is 2. The summed E-state index contributed by atoms with van der Waals surface area (Å²) in [5.41, 5.74) is 0.370. The van der Waals surface area contributed by atoms with Gasteiger partial charge in [-0.3, -0.25) is 4.79 Å². The van der Waals surface area contributed by atoms with E-state index in [1.165, 1.54) is 49.4 Å². The summed E-state index contributed by atoms with van der Waals surface area (Å²) in [5.74, 6) is -0.550. The Bertz CT molecular complexity index is 835. The lowest BCUT2D eigenvalue weighted by Crippen LogP contribution is -2.41. The minimum atomic E-state index is -3.85. The zero-order valence-corrected chi connectivity index (χ0v) is 15.5. The predicted octanol–water partition coefficient (Wildman–Crippen LogP) is 3.95. The van der Waals surface area contributed by atoms with Gasteiger partial charge in [-0.25, -0.2) is 8.42 Å². The summed E-state index contributed by atoms with van der Waals surface area (Å²) in [6.07, 6.45) is 0. The number of sulfonamides is 1. The van der Waals surface area contributed by atoms with Gasteiger partial charge in [0.15, 0.2) is 0 Å². The lowest BCUT2D eigenvalue weighted by atomic mass is 10.3. The maximum absolute atomic E-state index is 12.2. The lowest BCUT2D eigenvalue weighted by Gasteiger charge is -2.15.